The third-order valence-corrected chi connectivity index (χ3v) is 5.82. The van der Waals surface area contributed by atoms with Gasteiger partial charge >= 0.3 is 0 Å². The minimum Gasteiger partial charge on any atom is -0.382 e. The zero-order chi connectivity index (χ0) is 24.0. The first-order chi connectivity index (χ1) is 16.3. The molecule has 14 heteroatoms. The predicted octanol–water partition coefficient (Wildman–Crippen LogP) is 1.76. The van der Waals surface area contributed by atoms with Crippen LogP contribution in [-0.4, -0.2) is 77.1 Å². The standard InChI is InChI=1S/C20H21F3N10O/c1-11(34)31-7-5-15(20(22,23)10-31)26-19-27-17(24)16-12(4-8-32(16)29-19)13-2-3-14-18(25-13)33(9-6-21)30-28-14/h2-4,8,15H,5-7,9-10H2,1H3,(H3,24,26,27,29)/t15-/m1/s1. The van der Waals surface area contributed by atoms with Gasteiger partial charge in [0.15, 0.2) is 11.5 Å². The Balaban J connectivity index is 1.45. The van der Waals surface area contributed by atoms with Crippen LogP contribution in [0.4, 0.5) is 24.9 Å². The zero-order valence-electron chi connectivity index (χ0n) is 18.1. The lowest BCUT2D eigenvalue weighted by molar-refractivity contribution is -0.140. The van der Waals surface area contributed by atoms with Crippen molar-refractivity contribution in [3.8, 4) is 11.3 Å². The molecule has 0 unspecified atom stereocenters. The van der Waals surface area contributed by atoms with E-state index in [1.807, 2.05) is 0 Å². The predicted molar refractivity (Wildman–Crippen MR) is 117 cm³/mol. The van der Waals surface area contributed by atoms with E-state index in [-0.39, 0.29) is 31.3 Å². The molecule has 0 bridgehead atoms. The van der Waals surface area contributed by atoms with Crippen molar-refractivity contribution in [3.63, 3.8) is 0 Å². The van der Waals surface area contributed by atoms with Crippen LogP contribution in [0.5, 0.6) is 0 Å². The molecule has 3 N–H and O–H groups in total. The summed E-state index contributed by atoms with van der Waals surface area (Å²) in [4.78, 5) is 21.3. The number of aryl methyl sites for hydroxylation is 1. The summed E-state index contributed by atoms with van der Waals surface area (Å²) in [5, 5.41) is 14.8. The Morgan fingerprint density at radius 2 is 2.12 bits per heavy atom. The zero-order valence-corrected chi connectivity index (χ0v) is 18.1. The second-order valence-corrected chi connectivity index (χ2v) is 8.07. The summed E-state index contributed by atoms with van der Waals surface area (Å²) in [5.74, 6) is -3.54. The quantitative estimate of drug-likeness (QED) is 0.447. The number of pyridine rings is 1. The van der Waals surface area contributed by atoms with Crippen LogP contribution in [0.3, 0.4) is 0 Å². The van der Waals surface area contributed by atoms with E-state index in [0.29, 0.717) is 27.9 Å². The molecule has 0 radical (unpaired) electrons. The summed E-state index contributed by atoms with van der Waals surface area (Å²) in [6.45, 7) is 0.217. The number of halogens is 3. The molecule has 11 nitrogen and oxygen atoms in total. The number of nitrogens with zero attached hydrogens (tertiary/aromatic N) is 8. The Morgan fingerprint density at radius 1 is 1.29 bits per heavy atom. The number of aromatic nitrogens is 7. The molecule has 1 amide bonds. The summed E-state index contributed by atoms with van der Waals surface area (Å²) in [5.41, 5.74) is 8.71. The number of carbonyl (C=O) groups excluding carboxylic acids is 1. The highest BCUT2D eigenvalue weighted by molar-refractivity contribution is 5.88. The van der Waals surface area contributed by atoms with Crippen LogP contribution in [0.2, 0.25) is 0 Å². The molecule has 5 rings (SSSR count). The van der Waals surface area contributed by atoms with Crippen LogP contribution in [0.15, 0.2) is 24.4 Å². The number of carbonyl (C=O) groups is 1. The SMILES string of the molecule is CC(=O)N1CC[C@@H](Nc2nc(N)c3c(-c4ccc5nnn(CCF)c5n4)ccn3n2)C(F)(F)C1. The second kappa shape index (κ2) is 8.11. The summed E-state index contributed by atoms with van der Waals surface area (Å²) >= 11 is 0. The molecule has 34 heavy (non-hydrogen) atoms. The number of rotatable bonds is 5. The summed E-state index contributed by atoms with van der Waals surface area (Å²) in [7, 11) is 0. The van der Waals surface area contributed by atoms with Crippen molar-refractivity contribution in [3.05, 3.63) is 24.4 Å². The first-order valence-electron chi connectivity index (χ1n) is 10.6. The first-order valence-corrected chi connectivity index (χ1v) is 10.6. The molecule has 0 aromatic carbocycles. The minimum atomic E-state index is -3.16. The topological polar surface area (TPSA) is 132 Å². The molecule has 1 aliphatic heterocycles. The normalized spacial score (nSPS) is 18.0. The van der Waals surface area contributed by atoms with E-state index in [0.717, 1.165) is 4.90 Å². The molecule has 1 fully saturated rings. The van der Waals surface area contributed by atoms with E-state index in [4.69, 9.17) is 5.73 Å². The molecule has 178 valence electrons. The molecule has 0 aliphatic carbocycles. The highest BCUT2D eigenvalue weighted by Gasteiger charge is 2.45. The monoisotopic (exact) mass is 474 g/mol. The highest BCUT2D eigenvalue weighted by atomic mass is 19.3. The Morgan fingerprint density at radius 3 is 2.85 bits per heavy atom. The van der Waals surface area contributed by atoms with Gasteiger partial charge < -0.3 is 16.0 Å². The van der Waals surface area contributed by atoms with Gasteiger partial charge in [0.2, 0.25) is 11.9 Å². The molecule has 1 atom stereocenters. The molecular formula is C20H21F3N10O. The van der Waals surface area contributed by atoms with Gasteiger partial charge in [-0.3, -0.25) is 4.79 Å². The van der Waals surface area contributed by atoms with Gasteiger partial charge in [-0.1, -0.05) is 5.21 Å². The lowest BCUT2D eigenvalue weighted by Crippen LogP contribution is -2.55. The van der Waals surface area contributed by atoms with Gasteiger partial charge in [-0.25, -0.2) is 27.4 Å². The molecule has 5 heterocycles. The fraction of sp³-hybridized carbons (Fsp3) is 0.400. The lowest BCUT2D eigenvalue weighted by atomic mass is 10.0. The summed E-state index contributed by atoms with van der Waals surface area (Å²) < 4.78 is 44.8. The number of hydrogen-bond acceptors (Lipinski definition) is 8. The number of nitrogens with two attached hydrogens (primary N) is 1. The molecule has 1 aliphatic rings. The van der Waals surface area contributed by atoms with E-state index in [2.05, 4.69) is 30.7 Å². The van der Waals surface area contributed by atoms with E-state index in [9.17, 15) is 18.0 Å². The molecule has 4 aromatic heterocycles. The van der Waals surface area contributed by atoms with E-state index >= 15 is 0 Å². The smallest absolute Gasteiger partial charge is 0.285 e. The number of fused-ring (bicyclic) bond motifs is 2. The van der Waals surface area contributed by atoms with Gasteiger partial charge in [0.1, 0.15) is 17.7 Å². The van der Waals surface area contributed by atoms with Gasteiger partial charge in [0.25, 0.3) is 5.92 Å². The van der Waals surface area contributed by atoms with Crippen molar-refractivity contribution in [2.24, 2.45) is 0 Å². The largest absolute Gasteiger partial charge is 0.382 e. The van der Waals surface area contributed by atoms with Crippen molar-refractivity contribution in [1.29, 1.82) is 0 Å². The number of nitrogens with one attached hydrogen (secondary N) is 1. The summed E-state index contributed by atoms with van der Waals surface area (Å²) in [6.07, 6.45) is 1.66. The molecular weight excluding hydrogens is 453 g/mol. The third-order valence-electron chi connectivity index (χ3n) is 5.82. The summed E-state index contributed by atoms with van der Waals surface area (Å²) in [6, 6.07) is 3.91. The Bertz CT molecular complexity index is 1380. The van der Waals surface area contributed by atoms with Crippen LogP contribution < -0.4 is 11.1 Å². The van der Waals surface area contributed by atoms with Crippen LogP contribution in [-0.2, 0) is 11.3 Å². The number of alkyl halides is 3. The number of hydrogen-bond donors (Lipinski definition) is 2. The van der Waals surface area contributed by atoms with Crippen molar-refractivity contribution >= 4 is 34.4 Å². The van der Waals surface area contributed by atoms with E-state index < -0.39 is 31.1 Å². The van der Waals surface area contributed by atoms with Gasteiger partial charge in [-0.05, 0) is 24.6 Å². The Kier molecular flexibility index (Phi) is 5.21. The van der Waals surface area contributed by atoms with Crippen molar-refractivity contribution < 1.29 is 18.0 Å². The van der Waals surface area contributed by atoms with Crippen molar-refractivity contribution in [2.75, 3.05) is 30.8 Å². The van der Waals surface area contributed by atoms with Crippen molar-refractivity contribution in [1.82, 2.24) is 39.5 Å². The number of likely N-dealkylation sites (tertiary alicyclic amines) is 1. The maximum atomic E-state index is 14.6. The number of piperidine rings is 1. The second-order valence-electron chi connectivity index (χ2n) is 8.07. The van der Waals surface area contributed by atoms with Crippen LogP contribution in [0.25, 0.3) is 27.9 Å². The number of amides is 1. The molecule has 0 saturated carbocycles. The van der Waals surface area contributed by atoms with Gasteiger partial charge in [0, 0.05) is 25.2 Å². The molecule has 0 spiro atoms. The fourth-order valence-corrected chi connectivity index (χ4v) is 4.10. The van der Waals surface area contributed by atoms with Gasteiger partial charge in [-0.2, -0.15) is 4.98 Å². The van der Waals surface area contributed by atoms with E-state index in [1.54, 1.807) is 24.4 Å². The number of anilines is 2. The maximum absolute atomic E-state index is 14.6. The van der Waals surface area contributed by atoms with Gasteiger partial charge in [-0.15, -0.1) is 10.2 Å². The molecule has 1 saturated heterocycles. The third kappa shape index (κ3) is 3.74. The van der Waals surface area contributed by atoms with Crippen LogP contribution >= 0.6 is 0 Å². The van der Waals surface area contributed by atoms with Gasteiger partial charge in [0.05, 0.1) is 24.8 Å². The minimum absolute atomic E-state index is 0.0275. The lowest BCUT2D eigenvalue weighted by Gasteiger charge is -2.38. The molecule has 4 aromatic rings. The number of nitrogen functional groups attached to an aromatic ring is 1. The Hall–Kier alpha value is -3.97. The van der Waals surface area contributed by atoms with Crippen LogP contribution in [0, 0.1) is 0 Å². The van der Waals surface area contributed by atoms with Crippen LogP contribution in [0.1, 0.15) is 13.3 Å². The maximum Gasteiger partial charge on any atom is 0.285 e. The first kappa shape index (κ1) is 21.9. The Labute approximate surface area is 190 Å². The highest BCUT2D eigenvalue weighted by Crippen LogP contribution is 2.31. The fourth-order valence-electron chi connectivity index (χ4n) is 4.10. The van der Waals surface area contributed by atoms with Crippen molar-refractivity contribution in [2.45, 2.75) is 31.9 Å². The average molecular weight is 474 g/mol. The average Bonchev–Trinajstić information content (AvgIpc) is 3.39. The van der Waals surface area contributed by atoms with E-state index in [1.165, 1.54) is 16.1 Å².